The Morgan fingerprint density at radius 1 is 1.63 bits per heavy atom. The summed E-state index contributed by atoms with van der Waals surface area (Å²) < 4.78 is 0. The largest absolute Gasteiger partial charge is 0.481 e. The van der Waals surface area contributed by atoms with Gasteiger partial charge in [-0.2, -0.15) is 5.10 Å². The lowest BCUT2D eigenvalue weighted by Gasteiger charge is -1.97. The maximum absolute atomic E-state index is 11.4. The standard InChI is InChI=1S/C11H11N3O3S2/c1-6-2-3-18-8(6)5-12-14-11-13-10(17)7(19-11)4-9(15)16/h2-3,5,7H,4H2,1H3,(H,15,16)(H,13,14,17)/b12-5-/t7-/m1/s1. The first-order chi connectivity index (χ1) is 9.06. The van der Waals surface area contributed by atoms with Gasteiger partial charge in [-0.1, -0.05) is 11.8 Å². The SMILES string of the molecule is Cc1ccsc1/C=N\N=C1\NC(=O)[C@@H](CC(=O)O)S1. The molecule has 19 heavy (non-hydrogen) atoms. The van der Waals surface area contributed by atoms with E-state index in [9.17, 15) is 9.59 Å². The molecule has 1 fully saturated rings. The summed E-state index contributed by atoms with van der Waals surface area (Å²) in [4.78, 5) is 23.0. The predicted molar refractivity (Wildman–Crippen MR) is 75.9 cm³/mol. The molecule has 1 aromatic rings. The van der Waals surface area contributed by atoms with Gasteiger partial charge in [0.15, 0.2) is 5.17 Å². The Morgan fingerprint density at radius 3 is 3.05 bits per heavy atom. The van der Waals surface area contributed by atoms with E-state index in [2.05, 4.69) is 15.5 Å². The van der Waals surface area contributed by atoms with Gasteiger partial charge in [-0.3, -0.25) is 9.59 Å². The lowest BCUT2D eigenvalue weighted by Crippen LogP contribution is -2.26. The van der Waals surface area contributed by atoms with Crippen LogP contribution in [-0.4, -0.2) is 33.6 Å². The van der Waals surface area contributed by atoms with Crippen LogP contribution in [0.15, 0.2) is 21.6 Å². The van der Waals surface area contributed by atoms with Crippen molar-refractivity contribution in [2.45, 2.75) is 18.6 Å². The van der Waals surface area contributed by atoms with Crippen LogP contribution in [0.1, 0.15) is 16.9 Å². The van der Waals surface area contributed by atoms with Gasteiger partial charge >= 0.3 is 5.97 Å². The number of carboxylic acids is 1. The van der Waals surface area contributed by atoms with E-state index in [0.29, 0.717) is 5.17 Å². The third-order valence-corrected chi connectivity index (χ3v) is 4.39. The number of thioether (sulfide) groups is 1. The van der Waals surface area contributed by atoms with E-state index in [4.69, 9.17) is 5.11 Å². The number of nitrogens with one attached hydrogen (secondary N) is 1. The molecule has 2 heterocycles. The second-order valence-corrected chi connectivity index (χ2v) is 5.95. The average molecular weight is 297 g/mol. The van der Waals surface area contributed by atoms with Crippen molar-refractivity contribution in [1.29, 1.82) is 0 Å². The topological polar surface area (TPSA) is 91.1 Å². The minimum Gasteiger partial charge on any atom is -0.481 e. The lowest BCUT2D eigenvalue weighted by molar-refractivity contribution is -0.138. The molecule has 0 aliphatic carbocycles. The van der Waals surface area contributed by atoms with E-state index in [1.54, 1.807) is 17.6 Å². The summed E-state index contributed by atoms with van der Waals surface area (Å²) in [6, 6.07) is 1.98. The fourth-order valence-electron chi connectivity index (χ4n) is 1.40. The highest BCUT2D eigenvalue weighted by Crippen LogP contribution is 2.22. The monoisotopic (exact) mass is 297 g/mol. The van der Waals surface area contributed by atoms with Crippen LogP contribution in [0.25, 0.3) is 0 Å². The van der Waals surface area contributed by atoms with E-state index < -0.39 is 11.2 Å². The summed E-state index contributed by atoms with van der Waals surface area (Å²) in [5.41, 5.74) is 1.11. The van der Waals surface area contributed by atoms with Crippen molar-refractivity contribution in [3.05, 3.63) is 21.9 Å². The lowest BCUT2D eigenvalue weighted by atomic mass is 10.3. The van der Waals surface area contributed by atoms with Crippen LogP contribution in [0, 0.1) is 6.92 Å². The Balaban J connectivity index is 1.98. The summed E-state index contributed by atoms with van der Waals surface area (Å²) in [6.07, 6.45) is 1.40. The highest BCUT2D eigenvalue weighted by atomic mass is 32.2. The molecule has 1 amide bonds. The van der Waals surface area contributed by atoms with Crippen molar-refractivity contribution >= 4 is 46.4 Å². The molecular formula is C11H11N3O3S2. The Hall–Kier alpha value is -1.67. The normalized spacial score (nSPS) is 21.2. The molecule has 0 aromatic carbocycles. The minimum absolute atomic E-state index is 0.219. The van der Waals surface area contributed by atoms with Gasteiger partial charge < -0.3 is 10.4 Å². The molecule has 100 valence electrons. The van der Waals surface area contributed by atoms with Crippen LogP contribution < -0.4 is 5.32 Å². The van der Waals surface area contributed by atoms with Crippen LogP contribution in [0.5, 0.6) is 0 Å². The molecule has 1 saturated heterocycles. The number of amides is 1. The van der Waals surface area contributed by atoms with E-state index in [0.717, 1.165) is 22.2 Å². The average Bonchev–Trinajstić information content (AvgIpc) is 2.87. The number of carbonyl (C=O) groups excluding carboxylic acids is 1. The van der Waals surface area contributed by atoms with Gasteiger partial charge in [0.25, 0.3) is 0 Å². The second kappa shape index (κ2) is 5.98. The van der Waals surface area contributed by atoms with Gasteiger partial charge in [0, 0.05) is 0 Å². The zero-order valence-electron chi connectivity index (χ0n) is 9.99. The van der Waals surface area contributed by atoms with Gasteiger partial charge in [0.2, 0.25) is 5.91 Å². The Labute approximate surface area is 117 Å². The smallest absolute Gasteiger partial charge is 0.305 e. The van der Waals surface area contributed by atoms with E-state index >= 15 is 0 Å². The fourth-order valence-corrected chi connectivity index (χ4v) is 3.09. The van der Waals surface area contributed by atoms with Gasteiger partial charge in [0.1, 0.15) is 5.25 Å². The van der Waals surface area contributed by atoms with Crippen molar-refractivity contribution in [2.75, 3.05) is 0 Å². The van der Waals surface area contributed by atoms with E-state index in [-0.39, 0.29) is 12.3 Å². The van der Waals surface area contributed by atoms with Crippen LogP contribution in [-0.2, 0) is 9.59 Å². The van der Waals surface area contributed by atoms with Crippen LogP contribution in [0.4, 0.5) is 0 Å². The van der Waals surface area contributed by atoms with Crippen molar-refractivity contribution < 1.29 is 14.7 Å². The maximum Gasteiger partial charge on any atom is 0.305 e. The molecule has 0 saturated carbocycles. The molecule has 2 rings (SSSR count). The summed E-state index contributed by atoms with van der Waals surface area (Å²) in [6.45, 7) is 1.97. The van der Waals surface area contributed by atoms with Gasteiger partial charge in [-0.15, -0.1) is 16.4 Å². The molecule has 1 aliphatic rings. The first-order valence-electron chi connectivity index (χ1n) is 5.40. The molecule has 1 aromatic heterocycles. The number of aliphatic carboxylic acids is 1. The molecule has 6 nitrogen and oxygen atoms in total. The van der Waals surface area contributed by atoms with Crippen molar-refractivity contribution in [2.24, 2.45) is 10.2 Å². The summed E-state index contributed by atoms with van der Waals surface area (Å²) in [5, 5.41) is 20.6. The Morgan fingerprint density at radius 2 is 2.42 bits per heavy atom. The minimum atomic E-state index is -1.01. The number of carboxylic acid groups (broad SMARTS) is 1. The zero-order chi connectivity index (χ0) is 13.8. The number of amidine groups is 1. The number of nitrogens with zero attached hydrogens (tertiary/aromatic N) is 2. The summed E-state index contributed by atoms with van der Waals surface area (Å²) in [7, 11) is 0. The molecular weight excluding hydrogens is 286 g/mol. The van der Waals surface area contributed by atoms with Gasteiger partial charge in [-0.05, 0) is 23.9 Å². The number of hydrogen-bond donors (Lipinski definition) is 2. The number of thiophene rings is 1. The summed E-state index contributed by atoms with van der Waals surface area (Å²) >= 11 is 2.64. The van der Waals surface area contributed by atoms with Crippen LogP contribution in [0.3, 0.4) is 0 Å². The first kappa shape index (κ1) is 13.8. The summed E-state index contributed by atoms with van der Waals surface area (Å²) in [5.74, 6) is -1.35. The molecule has 1 aliphatic heterocycles. The van der Waals surface area contributed by atoms with Gasteiger partial charge in [0.05, 0.1) is 17.5 Å². The molecule has 0 unspecified atom stereocenters. The second-order valence-electron chi connectivity index (χ2n) is 3.81. The van der Waals surface area contributed by atoms with Crippen molar-refractivity contribution in [1.82, 2.24) is 5.32 Å². The van der Waals surface area contributed by atoms with Crippen LogP contribution >= 0.6 is 23.1 Å². The van der Waals surface area contributed by atoms with E-state index in [1.807, 2.05) is 18.4 Å². The molecule has 1 atom stereocenters. The third-order valence-electron chi connectivity index (χ3n) is 2.36. The third kappa shape index (κ3) is 3.65. The quantitative estimate of drug-likeness (QED) is 0.650. The maximum atomic E-state index is 11.4. The number of rotatable bonds is 4. The van der Waals surface area contributed by atoms with Crippen LogP contribution in [0.2, 0.25) is 0 Å². The highest BCUT2D eigenvalue weighted by molar-refractivity contribution is 8.15. The number of carbonyl (C=O) groups is 2. The predicted octanol–water partition coefficient (Wildman–Crippen LogP) is 1.45. The number of hydrogen-bond acceptors (Lipinski definition) is 6. The first-order valence-corrected chi connectivity index (χ1v) is 7.16. The zero-order valence-corrected chi connectivity index (χ0v) is 11.6. The van der Waals surface area contributed by atoms with Crippen molar-refractivity contribution in [3.8, 4) is 0 Å². The Bertz CT molecular complexity index is 565. The van der Waals surface area contributed by atoms with E-state index in [1.165, 1.54) is 0 Å². The molecule has 8 heteroatoms. The molecule has 0 spiro atoms. The highest BCUT2D eigenvalue weighted by Gasteiger charge is 2.32. The molecule has 2 N–H and O–H groups in total. The number of aryl methyl sites for hydroxylation is 1. The van der Waals surface area contributed by atoms with Gasteiger partial charge in [-0.25, -0.2) is 0 Å². The Kier molecular flexibility index (Phi) is 4.33. The molecule has 0 bridgehead atoms. The molecule has 0 radical (unpaired) electrons. The fraction of sp³-hybridized carbons (Fsp3) is 0.273. The van der Waals surface area contributed by atoms with Crippen molar-refractivity contribution in [3.63, 3.8) is 0 Å².